The summed E-state index contributed by atoms with van der Waals surface area (Å²) in [4.78, 5) is 15.1. The number of carbonyl (C=O) groups is 1. The van der Waals surface area contributed by atoms with Crippen molar-refractivity contribution in [2.24, 2.45) is 5.92 Å². The van der Waals surface area contributed by atoms with Gasteiger partial charge in [-0.2, -0.15) is 0 Å². The van der Waals surface area contributed by atoms with Crippen molar-refractivity contribution in [3.8, 4) is 0 Å². The normalized spacial score (nSPS) is 17.6. The zero-order chi connectivity index (χ0) is 19.1. The van der Waals surface area contributed by atoms with Crippen molar-refractivity contribution >= 4 is 23.2 Å². The van der Waals surface area contributed by atoms with Gasteiger partial charge in [-0.05, 0) is 67.6 Å². The average molecular weight is 385 g/mol. The molecule has 0 radical (unpaired) electrons. The number of likely N-dealkylation sites (tertiary alicyclic amines) is 1. The molecule has 2 aromatic carbocycles. The molecule has 1 fully saturated rings. The van der Waals surface area contributed by atoms with Gasteiger partial charge in [-0.1, -0.05) is 49.2 Å². The van der Waals surface area contributed by atoms with E-state index in [1.807, 2.05) is 24.3 Å². The Morgan fingerprint density at radius 2 is 1.81 bits per heavy atom. The number of nitrogens with one attached hydrogen (secondary N) is 1. The van der Waals surface area contributed by atoms with Crippen molar-refractivity contribution in [1.82, 2.24) is 4.90 Å². The Hall–Kier alpha value is -1.84. The minimum atomic E-state index is 0.0471. The van der Waals surface area contributed by atoms with Crippen LogP contribution in [0.3, 0.4) is 0 Å². The van der Waals surface area contributed by atoms with Crippen LogP contribution in [0.25, 0.3) is 0 Å². The summed E-state index contributed by atoms with van der Waals surface area (Å²) >= 11 is 5.96. The molecular formula is C23H29ClN2O. The highest BCUT2D eigenvalue weighted by molar-refractivity contribution is 6.30. The summed E-state index contributed by atoms with van der Waals surface area (Å²) in [5, 5.41) is 3.86. The molecule has 144 valence electrons. The van der Waals surface area contributed by atoms with Crippen molar-refractivity contribution in [2.45, 2.75) is 45.6 Å². The average Bonchev–Trinajstić information content (AvgIpc) is 2.69. The van der Waals surface area contributed by atoms with Gasteiger partial charge in [0.05, 0.1) is 5.92 Å². The fourth-order valence-electron chi connectivity index (χ4n) is 3.64. The molecule has 1 aliphatic rings. The van der Waals surface area contributed by atoms with E-state index in [9.17, 15) is 4.79 Å². The molecule has 3 nitrogen and oxygen atoms in total. The molecule has 0 aliphatic carbocycles. The van der Waals surface area contributed by atoms with Crippen LogP contribution >= 0.6 is 11.6 Å². The van der Waals surface area contributed by atoms with Gasteiger partial charge in [0.1, 0.15) is 0 Å². The first-order valence-electron chi connectivity index (χ1n) is 10.0. The van der Waals surface area contributed by atoms with Crippen molar-refractivity contribution in [1.29, 1.82) is 0 Å². The van der Waals surface area contributed by atoms with Crippen LogP contribution < -0.4 is 5.32 Å². The third kappa shape index (κ3) is 6.08. The highest BCUT2D eigenvalue weighted by Crippen LogP contribution is 2.21. The number of hydrogen-bond donors (Lipinski definition) is 1. The molecule has 0 saturated carbocycles. The molecule has 3 rings (SSSR count). The molecule has 1 heterocycles. The van der Waals surface area contributed by atoms with Gasteiger partial charge in [0, 0.05) is 23.8 Å². The van der Waals surface area contributed by atoms with Gasteiger partial charge in [0.2, 0.25) is 5.91 Å². The van der Waals surface area contributed by atoms with Crippen LogP contribution in [0.15, 0.2) is 48.5 Å². The zero-order valence-electron chi connectivity index (χ0n) is 16.1. The number of benzene rings is 2. The predicted octanol–water partition coefficient (Wildman–Crippen LogP) is 5.53. The van der Waals surface area contributed by atoms with Crippen molar-refractivity contribution in [3.63, 3.8) is 0 Å². The lowest BCUT2D eigenvalue weighted by Gasteiger charge is -2.32. The molecule has 1 atom stereocenters. The number of hydrogen-bond acceptors (Lipinski definition) is 2. The first kappa shape index (κ1) is 19.9. The predicted molar refractivity (Wildman–Crippen MR) is 113 cm³/mol. The molecule has 2 aromatic rings. The Bertz CT molecular complexity index is 727. The Morgan fingerprint density at radius 1 is 1.11 bits per heavy atom. The van der Waals surface area contributed by atoms with E-state index in [0.717, 1.165) is 49.6 Å². The summed E-state index contributed by atoms with van der Waals surface area (Å²) in [5.41, 5.74) is 3.47. The first-order valence-corrected chi connectivity index (χ1v) is 10.4. The number of unbranched alkanes of at least 4 members (excludes halogenated alkanes) is 1. The van der Waals surface area contributed by atoms with Gasteiger partial charge >= 0.3 is 0 Å². The minimum absolute atomic E-state index is 0.0471. The van der Waals surface area contributed by atoms with Crippen LogP contribution in [-0.4, -0.2) is 23.9 Å². The van der Waals surface area contributed by atoms with Gasteiger partial charge in [0.25, 0.3) is 0 Å². The van der Waals surface area contributed by atoms with Crippen LogP contribution in [0.1, 0.15) is 43.7 Å². The number of halogens is 1. The summed E-state index contributed by atoms with van der Waals surface area (Å²) in [6, 6.07) is 16.3. The highest BCUT2D eigenvalue weighted by Gasteiger charge is 2.25. The van der Waals surface area contributed by atoms with E-state index in [-0.39, 0.29) is 11.8 Å². The van der Waals surface area contributed by atoms with Gasteiger partial charge in [-0.25, -0.2) is 0 Å². The lowest BCUT2D eigenvalue weighted by molar-refractivity contribution is -0.121. The SMILES string of the molecule is CCCCc1ccc(NC(=O)[C@H]2CCCN(Cc3ccc(Cl)cc3)C2)cc1. The quantitative estimate of drug-likeness (QED) is 0.680. The maximum absolute atomic E-state index is 12.7. The molecule has 1 saturated heterocycles. The highest BCUT2D eigenvalue weighted by atomic mass is 35.5. The summed E-state index contributed by atoms with van der Waals surface area (Å²) in [6.45, 7) is 4.92. The molecule has 0 spiro atoms. The molecule has 1 N–H and O–H groups in total. The van der Waals surface area contributed by atoms with E-state index < -0.39 is 0 Å². The Labute approximate surface area is 167 Å². The first-order chi connectivity index (χ1) is 13.1. The lowest BCUT2D eigenvalue weighted by Crippen LogP contribution is -2.40. The second kappa shape index (κ2) is 9.91. The van der Waals surface area contributed by atoms with Crippen LogP contribution in [-0.2, 0) is 17.8 Å². The number of anilines is 1. The lowest BCUT2D eigenvalue weighted by atomic mass is 9.96. The third-order valence-corrected chi connectivity index (χ3v) is 5.49. The summed E-state index contributed by atoms with van der Waals surface area (Å²) in [6.07, 6.45) is 5.52. The smallest absolute Gasteiger partial charge is 0.228 e. The molecule has 1 aliphatic heterocycles. The van der Waals surface area contributed by atoms with E-state index in [4.69, 9.17) is 11.6 Å². The number of aryl methyl sites for hydroxylation is 1. The maximum atomic E-state index is 12.7. The fourth-order valence-corrected chi connectivity index (χ4v) is 3.77. The van der Waals surface area contributed by atoms with Gasteiger partial charge < -0.3 is 5.32 Å². The van der Waals surface area contributed by atoms with Crippen LogP contribution in [0.2, 0.25) is 5.02 Å². The molecule has 0 unspecified atom stereocenters. The molecular weight excluding hydrogens is 356 g/mol. The van der Waals surface area contributed by atoms with Crippen molar-refractivity contribution < 1.29 is 4.79 Å². The second-order valence-electron chi connectivity index (χ2n) is 7.49. The van der Waals surface area contributed by atoms with Crippen molar-refractivity contribution in [2.75, 3.05) is 18.4 Å². The molecule has 27 heavy (non-hydrogen) atoms. The summed E-state index contributed by atoms with van der Waals surface area (Å²) in [7, 11) is 0. The van der Waals surface area contributed by atoms with Crippen LogP contribution in [0, 0.1) is 5.92 Å². The largest absolute Gasteiger partial charge is 0.326 e. The van der Waals surface area contributed by atoms with E-state index in [0.29, 0.717) is 0 Å². The Morgan fingerprint density at radius 3 is 2.52 bits per heavy atom. The molecule has 0 aromatic heterocycles. The Balaban J connectivity index is 1.52. The van der Waals surface area contributed by atoms with E-state index >= 15 is 0 Å². The van der Waals surface area contributed by atoms with Gasteiger partial charge in [-0.15, -0.1) is 0 Å². The third-order valence-electron chi connectivity index (χ3n) is 5.24. The van der Waals surface area contributed by atoms with E-state index in [1.54, 1.807) is 0 Å². The minimum Gasteiger partial charge on any atom is -0.326 e. The van der Waals surface area contributed by atoms with Gasteiger partial charge in [0.15, 0.2) is 0 Å². The van der Waals surface area contributed by atoms with Crippen LogP contribution in [0.5, 0.6) is 0 Å². The summed E-state index contributed by atoms with van der Waals surface area (Å²) in [5.74, 6) is 0.183. The number of nitrogens with zero attached hydrogens (tertiary/aromatic N) is 1. The topological polar surface area (TPSA) is 32.3 Å². The van der Waals surface area contributed by atoms with E-state index in [2.05, 4.69) is 41.4 Å². The molecule has 1 amide bonds. The second-order valence-corrected chi connectivity index (χ2v) is 7.93. The van der Waals surface area contributed by atoms with Crippen molar-refractivity contribution in [3.05, 3.63) is 64.7 Å². The monoisotopic (exact) mass is 384 g/mol. The number of amides is 1. The number of carbonyl (C=O) groups excluding carboxylic acids is 1. The number of rotatable bonds is 7. The number of piperidine rings is 1. The Kier molecular flexibility index (Phi) is 7.31. The summed E-state index contributed by atoms with van der Waals surface area (Å²) < 4.78 is 0. The fraction of sp³-hybridized carbons (Fsp3) is 0.435. The molecule has 4 heteroatoms. The standard InChI is InChI=1S/C23H29ClN2O/c1-2-3-5-18-9-13-22(14-10-18)25-23(27)20-6-4-15-26(17-20)16-19-7-11-21(24)12-8-19/h7-14,20H,2-6,15-17H2,1H3,(H,25,27)/t20-/m0/s1. The van der Waals surface area contributed by atoms with Gasteiger partial charge in [-0.3, -0.25) is 9.69 Å². The van der Waals surface area contributed by atoms with Crippen LogP contribution in [0.4, 0.5) is 5.69 Å². The molecule has 0 bridgehead atoms. The van der Waals surface area contributed by atoms with E-state index in [1.165, 1.54) is 24.0 Å². The zero-order valence-corrected chi connectivity index (χ0v) is 16.8. The maximum Gasteiger partial charge on any atom is 0.228 e.